The summed E-state index contributed by atoms with van der Waals surface area (Å²) in [6.07, 6.45) is 10.8. The Labute approximate surface area is 104 Å². The van der Waals surface area contributed by atoms with Crippen molar-refractivity contribution in [2.75, 3.05) is 13.6 Å². The topological polar surface area (TPSA) is 37.8 Å². The van der Waals surface area contributed by atoms with Crippen LogP contribution in [0.1, 0.15) is 56.0 Å². The molecule has 0 atom stereocenters. The monoisotopic (exact) mass is 233 g/mol. The number of rotatable bonds is 5. The van der Waals surface area contributed by atoms with E-state index in [1.54, 1.807) is 0 Å². The van der Waals surface area contributed by atoms with E-state index in [2.05, 4.69) is 16.4 Å². The molecule has 1 N–H and O–H groups in total. The van der Waals surface area contributed by atoms with E-state index in [4.69, 9.17) is 4.98 Å². The summed E-state index contributed by atoms with van der Waals surface area (Å²) in [6.45, 7) is 1.06. The van der Waals surface area contributed by atoms with E-state index in [1.165, 1.54) is 37.8 Å². The molecule has 2 rings (SSSR count). The number of hydrogen-bond donors (Lipinski definition) is 1. The molecule has 1 aromatic heterocycles. The molecule has 0 radical (unpaired) electrons. The van der Waals surface area contributed by atoms with Crippen molar-refractivity contribution in [3.05, 3.63) is 23.8 Å². The van der Waals surface area contributed by atoms with Crippen molar-refractivity contribution >= 4 is 0 Å². The van der Waals surface area contributed by atoms with Crippen molar-refractivity contribution in [2.24, 2.45) is 0 Å². The van der Waals surface area contributed by atoms with Gasteiger partial charge in [0, 0.05) is 17.8 Å². The normalized spacial score (nSPS) is 17.2. The molecule has 1 aliphatic rings. The highest BCUT2D eigenvalue weighted by atomic mass is 14.9. The maximum absolute atomic E-state index is 4.73. The van der Waals surface area contributed by atoms with Crippen molar-refractivity contribution in [1.29, 1.82) is 0 Å². The second-order valence-corrected chi connectivity index (χ2v) is 4.95. The zero-order valence-electron chi connectivity index (χ0n) is 10.8. The molecule has 1 heterocycles. The number of nitrogens with one attached hydrogen (secondary N) is 1. The fraction of sp³-hybridized carbons (Fsp3) is 0.714. The van der Waals surface area contributed by atoms with Crippen LogP contribution >= 0.6 is 0 Å². The van der Waals surface area contributed by atoms with Crippen LogP contribution in [0.4, 0.5) is 0 Å². The van der Waals surface area contributed by atoms with Crippen molar-refractivity contribution in [3.8, 4) is 0 Å². The lowest BCUT2D eigenvalue weighted by Gasteiger charge is -2.20. The van der Waals surface area contributed by atoms with Crippen LogP contribution in [0.25, 0.3) is 0 Å². The van der Waals surface area contributed by atoms with Gasteiger partial charge in [0.2, 0.25) is 0 Å². The van der Waals surface area contributed by atoms with Crippen LogP contribution in [0, 0.1) is 0 Å². The van der Waals surface area contributed by atoms with Gasteiger partial charge in [0.1, 0.15) is 5.82 Å². The fourth-order valence-electron chi connectivity index (χ4n) is 2.56. The maximum Gasteiger partial charge on any atom is 0.131 e. The molecule has 0 aliphatic heterocycles. The van der Waals surface area contributed by atoms with Crippen molar-refractivity contribution in [1.82, 2.24) is 15.3 Å². The van der Waals surface area contributed by atoms with Crippen LogP contribution in [0.15, 0.2) is 12.3 Å². The number of nitrogens with zero attached hydrogens (tertiary/aromatic N) is 2. The second-order valence-electron chi connectivity index (χ2n) is 4.95. The number of aryl methyl sites for hydroxylation is 1. The highest BCUT2D eigenvalue weighted by Gasteiger charge is 2.17. The van der Waals surface area contributed by atoms with Gasteiger partial charge in [-0.05, 0) is 45.3 Å². The summed E-state index contributed by atoms with van der Waals surface area (Å²) < 4.78 is 0. The van der Waals surface area contributed by atoms with Gasteiger partial charge in [0.05, 0.1) is 0 Å². The minimum Gasteiger partial charge on any atom is -0.320 e. The summed E-state index contributed by atoms with van der Waals surface area (Å²) >= 11 is 0. The lowest BCUT2D eigenvalue weighted by molar-refractivity contribution is 0.427. The quantitative estimate of drug-likeness (QED) is 0.795. The van der Waals surface area contributed by atoms with E-state index in [9.17, 15) is 0 Å². The highest BCUT2D eigenvalue weighted by molar-refractivity contribution is 5.06. The van der Waals surface area contributed by atoms with Crippen molar-refractivity contribution in [2.45, 2.75) is 50.9 Å². The second kappa shape index (κ2) is 6.70. The molecule has 3 heteroatoms. The highest BCUT2D eigenvalue weighted by Crippen LogP contribution is 2.30. The lowest BCUT2D eigenvalue weighted by Crippen LogP contribution is -2.11. The summed E-state index contributed by atoms with van der Waals surface area (Å²) in [5.41, 5.74) is 1.20. The Morgan fingerprint density at radius 1 is 1.29 bits per heavy atom. The third-order valence-corrected chi connectivity index (χ3v) is 3.56. The third-order valence-electron chi connectivity index (χ3n) is 3.56. The molecule has 1 saturated carbocycles. The molecule has 94 valence electrons. The van der Waals surface area contributed by atoms with Gasteiger partial charge in [-0.25, -0.2) is 9.97 Å². The molecular weight excluding hydrogens is 210 g/mol. The van der Waals surface area contributed by atoms with Crippen molar-refractivity contribution < 1.29 is 0 Å². The molecule has 0 saturated heterocycles. The van der Waals surface area contributed by atoms with Crippen LogP contribution in [0.2, 0.25) is 0 Å². The van der Waals surface area contributed by atoms with Gasteiger partial charge in [-0.2, -0.15) is 0 Å². The number of aromatic nitrogens is 2. The van der Waals surface area contributed by atoms with Gasteiger partial charge in [0.25, 0.3) is 0 Å². The van der Waals surface area contributed by atoms with E-state index in [0.717, 1.165) is 25.2 Å². The predicted molar refractivity (Wildman–Crippen MR) is 70.1 cm³/mol. The average molecular weight is 233 g/mol. The van der Waals surface area contributed by atoms with Crippen LogP contribution in [-0.4, -0.2) is 23.6 Å². The Hall–Kier alpha value is -0.960. The predicted octanol–water partition coefficient (Wildman–Crippen LogP) is 2.68. The average Bonchev–Trinajstić information content (AvgIpc) is 2.41. The Balaban J connectivity index is 1.95. The molecule has 1 aromatic rings. The number of hydrogen-bond acceptors (Lipinski definition) is 3. The lowest BCUT2D eigenvalue weighted by atomic mass is 9.88. The van der Waals surface area contributed by atoms with Crippen LogP contribution in [-0.2, 0) is 6.42 Å². The molecule has 3 nitrogen and oxygen atoms in total. The molecule has 0 spiro atoms. The van der Waals surface area contributed by atoms with Gasteiger partial charge in [0.15, 0.2) is 0 Å². The molecular formula is C14H23N3. The van der Waals surface area contributed by atoms with Gasteiger partial charge in [-0.15, -0.1) is 0 Å². The molecule has 0 bridgehead atoms. The van der Waals surface area contributed by atoms with Gasteiger partial charge < -0.3 is 5.32 Å². The Bertz CT molecular complexity index is 332. The van der Waals surface area contributed by atoms with E-state index in [-0.39, 0.29) is 0 Å². The minimum atomic E-state index is 0.619. The summed E-state index contributed by atoms with van der Waals surface area (Å²) in [4.78, 5) is 9.19. The maximum atomic E-state index is 4.73. The van der Waals surface area contributed by atoms with Crippen LogP contribution in [0.3, 0.4) is 0 Å². The fourth-order valence-corrected chi connectivity index (χ4v) is 2.56. The molecule has 1 fully saturated rings. The van der Waals surface area contributed by atoms with Crippen LogP contribution in [0.5, 0.6) is 0 Å². The molecule has 0 amide bonds. The van der Waals surface area contributed by atoms with Gasteiger partial charge in [-0.3, -0.25) is 0 Å². The Kier molecular flexibility index (Phi) is 4.92. The van der Waals surface area contributed by atoms with Gasteiger partial charge >= 0.3 is 0 Å². The standard InChI is InChI=1S/C14H23N3/c1-15-10-5-8-13-9-11-16-14(17-13)12-6-3-2-4-7-12/h9,11-12,15H,2-8,10H2,1H3. The SMILES string of the molecule is CNCCCc1ccnc(C2CCCCC2)n1. The summed E-state index contributed by atoms with van der Waals surface area (Å²) in [7, 11) is 1.99. The van der Waals surface area contributed by atoms with E-state index in [1.807, 2.05) is 13.2 Å². The molecule has 17 heavy (non-hydrogen) atoms. The minimum absolute atomic E-state index is 0.619. The van der Waals surface area contributed by atoms with E-state index < -0.39 is 0 Å². The zero-order chi connectivity index (χ0) is 11.9. The first-order valence-corrected chi connectivity index (χ1v) is 6.86. The van der Waals surface area contributed by atoms with Crippen molar-refractivity contribution in [3.63, 3.8) is 0 Å². The third kappa shape index (κ3) is 3.77. The Morgan fingerprint density at radius 2 is 2.12 bits per heavy atom. The largest absolute Gasteiger partial charge is 0.320 e. The first-order valence-electron chi connectivity index (χ1n) is 6.86. The Morgan fingerprint density at radius 3 is 2.88 bits per heavy atom. The molecule has 0 unspecified atom stereocenters. The summed E-state index contributed by atoms with van der Waals surface area (Å²) in [6, 6.07) is 2.06. The van der Waals surface area contributed by atoms with Crippen LogP contribution < -0.4 is 5.32 Å². The van der Waals surface area contributed by atoms with E-state index >= 15 is 0 Å². The smallest absolute Gasteiger partial charge is 0.131 e. The first-order chi connectivity index (χ1) is 8.40. The molecule has 1 aliphatic carbocycles. The van der Waals surface area contributed by atoms with E-state index in [0.29, 0.717) is 5.92 Å². The summed E-state index contributed by atoms with van der Waals surface area (Å²) in [5, 5.41) is 3.17. The summed E-state index contributed by atoms with van der Waals surface area (Å²) in [5.74, 6) is 1.71. The zero-order valence-corrected chi connectivity index (χ0v) is 10.8. The first kappa shape index (κ1) is 12.5. The van der Waals surface area contributed by atoms with Gasteiger partial charge in [-0.1, -0.05) is 19.3 Å². The molecule has 0 aromatic carbocycles.